The molecule has 154 valence electrons. The van der Waals surface area contributed by atoms with Gasteiger partial charge in [-0.1, -0.05) is 6.07 Å². The van der Waals surface area contributed by atoms with Crippen LogP contribution in [0.4, 0.5) is 11.5 Å². The van der Waals surface area contributed by atoms with Crippen LogP contribution < -0.4 is 19.3 Å². The third-order valence-electron chi connectivity index (χ3n) is 4.88. The van der Waals surface area contributed by atoms with Gasteiger partial charge >= 0.3 is 0 Å². The Morgan fingerprint density at radius 1 is 1.07 bits per heavy atom. The fourth-order valence-electron chi connectivity index (χ4n) is 3.13. The third-order valence-corrected chi connectivity index (χ3v) is 4.88. The summed E-state index contributed by atoms with van der Waals surface area (Å²) in [6.45, 7) is 2.73. The lowest BCUT2D eigenvalue weighted by Gasteiger charge is -2.34. The first-order valence-corrected chi connectivity index (χ1v) is 9.46. The van der Waals surface area contributed by atoms with Gasteiger partial charge in [0.15, 0.2) is 17.3 Å². The number of nitrogens with zero attached hydrogens (tertiary/aromatic N) is 5. The first-order valence-electron chi connectivity index (χ1n) is 9.46. The van der Waals surface area contributed by atoms with Crippen molar-refractivity contribution >= 4 is 23.5 Å². The molecule has 0 unspecified atom stereocenters. The molecule has 3 rings (SSSR count). The topological polar surface area (TPSA) is 71.0 Å². The van der Waals surface area contributed by atoms with E-state index >= 15 is 0 Å². The van der Waals surface area contributed by atoms with Gasteiger partial charge in [0.05, 0.1) is 26.1 Å². The van der Waals surface area contributed by atoms with Crippen LogP contribution in [-0.2, 0) is 4.79 Å². The number of ether oxygens (including phenoxy) is 2. The number of carbonyl (C=O) groups is 1. The standard InChI is InChI=1S/C21H27N5O3/c1-24(2)17-14-20(23-22-15-17)25-9-11-26(12-10-25)21(27)8-6-16-5-7-18(28-3)19(13-16)29-4/h5-8,13-15H,9-12H2,1-4H3/b8-6+. The second-order valence-electron chi connectivity index (χ2n) is 6.93. The monoisotopic (exact) mass is 397 g/mol. The van der Waals surface area contributed by atoms with E-state index < -0.39 is 0 Å². The van der Waals surface area contributed by atoms with E-state index in [-0.39, 0.29) is 5.91 Å². The van der Waals surface area contributed by atoms with Crippen LogP contribution in [0.1, 0.15) is 5.56 Å². The highest BCUT2D eigenvalue weighted by Crippen LogP contribution is 2.28. The fraction of sp³-hybridized carbons (Fsp3) is 0.381. The van der Waals surface area contributed by atoms with Crippen molar-refractivity contribution in [2.45, 2.75) is 0 Å². The number of aromatic nitrogens is 2. The van der Waals surface area contributed by atoms with Crippen molar-refractivity contribution in [3.8, 4) is 11.5 Å². The van der Waals surface area contributed by atoms with Gasteiger partial charge in [-0.25, -0.2) is 0 Å². The van der Waals surface area contributed by atoms with Crippen molar-refractivity contribution in [1.82, 2.24) is 15.1 Å². The van der Waals surface area contributed by atoms with Crippen molar-refractivity contribution in [2.75, 3.05) is 64.3 Å². The van der Waals surface area contributed by atoms with Crippen LogP contribution in [0.2, 0.25) is 0 Å². The van der Waals surface area contributed by atoms with Crippen molar-refractivity contribution in [1.29, 1.82) is 0 Å². The van der Waals surface area contributed by atoms with Crippen LogP contribution in [0.15, 0.2) is 36.5 Å². The third kappa shape index (κ3) is 4.96. The summed E-state index contributed by atoms with van der Waals surface area (Å²) in [4.78, 5) is 18.6. The zero-order valence-corrected chi connectivity index (χ0v) is 17.3. The lowest BCUT2D eigenvalue weighted by atomic mass is 10.2. The minimum Gasteiger partial charge on any atom is -0.493 e. The second-order valence-corrected chi connectivity index (χ2v) is 6.93. The average Bonchev–Trinajstić information content (AvgIpc) is 2.77. The van der Waals surface area contributed by atoms with Gasteiger partial charge in [0.2, 0.25) is 5.91 Å². The lowest BCUT2D eigenvalue weighted by Crippen LogP contribution is -2.48. The molecule has 8 heteroatoms. The lowest BCUT2D eigenvalue weighted by molar-refractivity contribution is -0.126. The van der Waals surface area contributed by atoms with E-state index in [1.54, 1.807) is 32.6 Å². The van der Waals surface area contributed by atoms with Crippen molar-refractivity contribution in [3.05, 3.63) is 42.1 Å². The molecule has 1 saturated heterocycles. The quantitative estimate of drug-likeness (QED) is 0.690. The molecule has 0 N–H and O–H groups in total. The molecule has 1 aliphatic heterocycles. The largest absolute Gasteiger partial charge is 0.493 e. The molecule has 29 heavy (non-hydrogen) atoms. The maximum Gasteiger partial charge on any atom is 0.246 e. The number of amides is 1. The van der Waals surface area contributed by atoms with Gasteiger partial charge in [0.1, 0.15) is 0 Å². The van der Waals surface area contributed by atoms with E-state index in [1.807, 2.05) is 48.2 Å². The minimum atomic E-state index is -0.00689. The molecule has 2 heterocycles. The Morgan fingerprint density at radius 3 is 2.45 bits per heavy atom. The van der Waals surface area contributed by atoms with E-state index in [0.29, 0.717) is 24.6 Å². The van der Waals surface area contributed by atoms with Gasteiger partial charge in [-0.3, -0.25) is 4.79 Å². The molecular weight excluding hydrogens is 370 g/mol. The van der Waals surface area contributed by atoms with E-state index in [1.165, 1.54) is 0 Å². The molecule has 0 saturated carbocycles. The molecule has 1 fully saturated rings. The molecule has 0 aliphatic carbocycles. The van der Waals surface area contributed by atoms with Crippen LogP contribution in [0.3, 0.4) is 0 Å². The molecule has 8 nitrogen and oxygen atoms in total. The predicted molar refractivity (Wildman–Crippen MR) is 114 cm³/mol. The molecule has 1 aliphatic rings. The summed E-state index contributed by atoms with van der Waals surface area (Å²) < 4.78 is 10.5. The van der Waals surface area contributed by atoms with Gasteiger partial charge in [0.25, 0.3) is 0 Å². The molecule has 1 aromatic heterocycles. The zero-order chi connectivity index (χ0) is 20.8. The van der Waals surface area contributed by atoms with E-state index in [2.05, 4.69) is 15.1 Å². The summed E-state index contributed by atoms with van der Waals surface area (Å²) in [7, 11) is 7.14. The first-order chi connectivity index (χ1) is 14.0. The molecule has 1 aromatic carbocycles. The van der Waals surface area contributed by atoms with Crippen molar-refractivity contribution in [3.63, 3.8) is 0 Å². The van der Waals surface area contributed by atoms with Crippen molar-refractivity contribution in [2.24, 2.45) is 0 Å². The second kappa shape index (κ2) is 9.27. The molecule has 0 spiro atoms. The molecule has 0 atom stereocenters. The number of hydrogen-bond donors (Lipinski definition) is 0. The Bertz CT molecular complexity index is 876. The van der Waals surface area contributed by atoms with Gasteiger partial charge in [-0.05, 0) is 23.8 Å². The Morgan fingerprint density at radius 2 is 1.79 bits per heavy atom. The summed E-state index contributed by atoms with van der Waals surface area (Å²) in [6.07, 6.45) is 5.13. The average molecular weight is 397 g/mol. The number of rotatable bonds is 6. The normalized spacial score (nSPS) is 14.2. The smallest absolute Gasteiger partial charge is 0.246 e. The SMILES string of the molecule is COc1ccc(/C=C/C(=O)N2CCN(c3cc(N(C)C)cnn3)CC2)cc1OC. The summed E-state index contributed by atoms with van der Waals surface area (Å²) in [5, 5.41) is 8.31. The summed E-state index contributed by atoms with van der Waals surface area (Å²) in [5.74, 6) is 2.13. The van der Waals surface area contributed by atoms with Crippen LogP contribution in [-0.4, -0.2) is 75.5 Å². The van der Waals surface area contributed by atoms with E-state index in [4.69, 9.17) is 9.47 Å². The highest BCUT2D eigenvalue weighted by atomic mass is 16.5. The maximum absolute atomic E-state index is 12.6. The number of methoxy groups -OCH3 is 2. The molecule has 1 amide bonds. The highest BCUT2D eigenvalue weighted by molar-refractivity contribution is 5.92. The van der Waals surface area contributed by atoms with Gasteiger partial charge in [0, 0.05) is 52.4 Å². The van der Waals surface area contributed by atoms with E-state index in [0.717, 1.165) is 30.2 Å². The molecular formula is C21H27N5O3. The highest BCUT2D eigenvalue weighted by Gasteiger charge is 2.21. The summed E-state index contributed by atoms with van der Waals surface area (Å²) in [6, 6.07) is 7.57. The van der Waals surface area contributed by atoms with Crippen LogP contribution in [0.5, 0.6) is 11.5 Å². The molecule has 0 radical (unpaired) electrons. The number of hydrogen-bond acceptors (Lipinski definition) is 7. The van der Waals surface area contributed by atoms with Crippen LogP contribution >= 0.6 is 0 Å². The Hall–Kier alpha value is -3.29. The summed E-state index contributed by atoms with van der Waals surface area (Å²) in [5.41, 5.74) is 1.89. The Labute approximate surface area is 171 Å². The molecule has 2 aromatic rings. The summed E-state index contributed by atoms with van der Waals surface area (Å²) >= 11 is 0. The number of anilines is 2. The zero-order valence-electron chi connectivity index (χ0n) is 17.3. The maximum atomic E-state index is 12.6. The predicted octanol–water partition coefficient (Wildman–Crippen LogP) is 1.92. The van der Waals surface area contributed by atoms with Gasteiger partial charge in [-0.15, -0.1) is 5.10 Å². The minimum absolute atomic E-state index is 0.00689. The van der Waals surface area contributed by atoms with Crippen LogP contribution in [0.25, 0.3) is 6.08 Å². The molecule has 0 bridgehead atoms. The first kappa shape index (κ1) is 20.4. The van der Waals surface area contributed by atoms with E-state index in [9.17, 15) is 4.79 Å². The van der Waals surface area contributed by atoms with Gasteiger partial charge in [-0.2, -0.15) is 5.10 Å². The Kier molecular flexibility index (Phi) is 6.54. The number of carbonyl (C=O) groups excluding carboxylic acids is 1. The number of benzene rings is 1. The number of piperazine rings is 1. The Balaban J connectivity index is 1.59. The van der Waals surface area contributed by atoms with Crippen LogP contribution in [0, 0.1) is 0 Å². The van der Waals surface area contributed by atoms with Gasteiger partial charge < -0.3 is 24.2 Å². The fourth-order valence-corrected chi connectivity index (χ4v) is 3.13. The van der Waals surface area contributed by atoms with Crippen molar-refractivity contribution < 1.29 is 14.3 Å².